The molecule has 8 aromatic carbocycles. The fourth-order valence-corrected chi connectivity index (χ4v) is 7.93. The van der Waals surface area contributed by atoms with Crippen LogP contribution in [0, 0.1) is 0 Å². The second kappa shape index (κ2) is 10.4. The lowest BCUT2D eigenvalue weighted by Gasteiger charge is -2.26. The lowest BCUT2D eigenvalue weighted by Crippen LogP contribution is -2.10. The molecule has 50 heavy (non-hydrogen) atoms. The average Bonchev–Trinajstić information content (AvgIpc) is 3.84. The molecule has 11 rings (SSSR count). The van der Waals surface area contributed by atoms with Crippen molar-refractivity contribution in [3.8, 4) is 5.69 Å². The molecule has 0 saturated carbocycles. The van der Waals surface area contributed by atoms with E-state index >= 15 is 0 Å². The zero-order chi connectivity index (χ0) is 32.8. The molecule has 0 aliphatic heterocycles. The molecule has 0 unspecified atom stereocenters. The van der Waals surface area contributed by atoms with Gasteiger partial charge in [-0.2, -0.15) is 0 Å². The monoisotopic (exact) mass is 640 g/mol. The molecule has 4 nitrogen and oxygen atoms in total. The van der Waals surface area contributed by atoms with Crippen LogP contribution in [-0.2, 0) is 0 Å². The molecule has 0 N–H and O–H groups in total. The van der Waals surface area contributed by atoms with Gasteiger partial charge in [-0.1, -0.05) is 91.0 Å². The highest BCUT2D eigenvalue weighted by Gasteiger charge is 2.20. The van der Waals surface area contributed by atoms with Crippen LogP contribution in [0.5, 0.6) is 0 Å². The molecule has 0 atom stereocenters. The molecule has 0 saturated heterocycles. The van der Waals surface area contributed by atoms with Gasteiger partial charge in [0.25, 0.3) is 0 Å². The molecule has 234 valence electrons. The summed E-state index contributed by atoms with van der Waals surface area (Å²) in [6, 6.07) is 60.1. The van der Waals surface area contributed by atoms with E-state index in [0.29, 0.717) is 0 Å². The van der Waals surface area contributed by atoms with E-state index in [4.69, 9.17) is 8.83 Å². The van der Waals surface area contributed by atoms with Crippen LogP contribution in [0.15, 0.2) is 179 Å². The SMILES string of the molecule is c1ccc(-n2c3ccccc3c3ccc(N(c4ccc5c(c4)oc4ccc6ccccc6c45)c4ccc5oc6ccccc6c5c4)cc32)cc1. The Morgan fingerprint density at radius 2 is 0.980 bits per heavy atom. The van der Waals surface area contributed by atoms with Crippen molar-refractivity contribution in [2.45, 2.75) is 0 Å². The van der Waals surface area contributed by atoms with Crippen LogP contribution in [0.3, 0.4) is 0 Å². The highest BCUT2D eigenvalue weighted by atomic mass is 16.3. The van der Waals surface area contributed by atoms with E-state index in [9.17, 15) is 0 Å². The quantitative estimate of drug-likeness (QED) is 0.192. The molecular formula is C46H28N2O2. The van der Waals surface area contributed by atoms with Crippen molar-refractivity contribution in [1.29, 1.82) is 0 Å². The molecule has 0 aliphatic carbocycles. The van der Waals surface area contributed by atoms with Crippen molar-refractivity contribution >= 4 is 93.5 Å². The number of anilines is 3. The maximum Gasteiger partial charge on any atom is 0.137 e. The molecule has 0 spiro atoms. The fraction of sp³-hybridized carbons (Fsp3) is 0. The number of hydrogen-bond donors (Lipinski definition) is 0. The third kappa shape index (κ3) is 3.93. The molecule has 0 aliphatic rings. The van der Waals surface area contributed by atoms with Gasteiger partial charge in [0.1, 0.15) is 22.3 Å². The largest absolute Gasteiger partial charge is 0.456 e. The van der Waals surface area contributed by atoms with Gasteiger partial charge in [0.05, 0.1) is 11.0 Å². The van der Waals surface area contributed by atoms with E-state index in [1.807, 2.05) is 12.1 Å². The Morgan fingerprint density at radius 3 is 1.88 bits per heavy atom. The summed E-state index contributed by atoms with van der Waals surface area (Å²) in [4.78, 5) is 2.33. The number of hydrogen-bond acceptors (Lipinski definition) is 3. The third-order valence-electron chi connectivity index (χ3n) is 10.2. The minimum atomic E-state index is 0.855. The fourth-order valence-electron chi connectivity index (χ4n) is 7.93. The van der Waals surface area contributed by atoms with Crippen molar-refractivity contribution < 1.29 is 8.83 Å². The van der Waals surface area contributed by atoms with E-state index in [-0.39, 0.29) is 0 Å². The van der Waals surface area contributed by atoms with Gasteiger partial charge >= 0.3 is 0 Å². The van der Waals surface area contributed by atoms with Crippen molar-refractivity contribution in [2.75, 3.05) is 4.90 Å². The van der Waals surface area contributed by atoms with Gasteiger partial charge in [0.2, 0.25) is 0 Å². The van der Waals surface area contributed by atoms with Gasteiger partial charge in [0, 0.05) is 61.1 Å². The van der Waals surface area contributed by atoms with Crippen molar-refractivity contribution in [3.05, 3.63) is 170 Å². The smallest absolute Gasteiger partial charge is 0.137 e. The van der Waals surface area contributed by atoms with Crippen LogP contribution in [-0.4, -0.2) is 4.57 Å². The number of benzene rings is 8. The summed E-state index contributed by atoms with van der Waals surface area (Å²) >= 11 is 0. The summed E-state index contributed by atoms with van der Waals surface area (Å²) in [5, 5.41) is 9.28. The van der Waals surface area contributed by atoms with Crippen LogP contribution in [0.4, 0.5) is 17.1 Å². The lowest BCUT2D eigenvalue weighted by atomic mass is 10.0. The van der Waals surface area contributed by atoms with Crippen molar-refractivity contribution in [2.24, 2.45) is 0 Å². The summed E-state index contributed by atoms with van der Waals surface area (Å²) in [6.45, 7) is 0. The minimum Gasteiger partial charge on any atom is -0.456 e. The molecule has 4 heteroatoms. The number of nitrogens with zero attached hydrogens (tertiary/aromatic N) is 2. The van der Waals surface area contributed by atoms with Gasteiger partial charge in [-0.05, 0) is 83.6 Å². The van der Waals surface area contributed by atoms with Crippen molar-refractivity contribution in [1.82, 2.24) is 4.57 Å². The van der Waals surface area contributed by atoms with E-state index in [1.165, 1.54) is 27.1 Å². The number of aromatic nitrogens is 1. The second-order valence-corrected chi connectivity index (χ2v) is 12.9. The highest BCUT2D eigenvalue weighted by molar-refractivity contribution is 6.19. The molecule has 0 radical (unpaired) electrons. The van der Waals surface area contributed by atoms with Crippen LogP contribution >= 0.6 is 0 Å². The summed E-state index contributed by atoms with van der Waals surface area (Å²) < 4.78 is 15.2. The standard InChI is InChI=1S/C46H28N2O2/c1-2-11-30(12-3-1)48-40-16-8-6-14-35(40)36-22-19-32(27-41(36)48)47(31-21-25-43-39(26-31)37-15-7-9-17-42(37)49-43)33-20-23-38-45(28-33)50-44-24-18-29-10-4-5-13-34(29)46(38)44/h1-28H. The Morgan fingerprint density at radius 1 is 0.360 bits per heavy atom. The second-order valence-electron chi connectivity index (χ2n) is 12.9. The minimum absolute atomic E-state index is 0.855. The molecule has 3 aromatic heterocycles. The zero-order valence-electron chi connectivity index (χ0n) is 26.9. The van der Waals surface area contributed by atoms with E-state index in [1.54, 1.807) is 0 Å². The van der Waals surface area contributed by atoms with Crippen LogP contribution in [0.25, 0.3) is 82.1 Å². The predicted octanol–water partition coefficient (Wildman–Crippen LogP) is 13.2. The Balaban J connectivity index is 1.18. The molecule has 0 amide bonds. The first-order valence-electron chi connectivity index (χ1n) is 16.9. The summed E-state index contributed by atoms with van der Waals surface area (Å²) in [5.74, 6) is 0. The van der Waals surface area contributed by atoms with Crippen LogP contribution < -0.4 is 4.90 Å². The number of furan rings is 2. The Kier molecular flexibility index (Phi) is 5.63. The number of rotatable bonds is 4. The van der Waals surface area contributed by atoms with E-state index in [0.717, 1.165) is 72.1 Å². The van der Waals surface area contributed by atoms with Crippen LogP contribution in [0.2, 0.25) is 0 Å². The van der Waals surface area contributed by atoms with Crippen LogP contribution in [0.1, 0.15) is 0 Å². The Labute approximate surface area is 286 Å². The zero-order valence-corrected chi connectivity index (χ0v) is 26.9. The van der Waals surface area contributed by atoms with Gasteiger partial charge in [-0.3, -0.25) is 0 Å². The normalized spacial score (nSPS) is 12.0. The van der Waals surface area contributed by atoms with Gasteiger partial charge < -0.3 is 18.3 Å². The Hall–Kier alpha value is -6.78. The highest BCUT2D eigenvalue weighted by Crippen LogP contribution is 2.44. The third-order valence-corrected chi connectivity index (χ3v) is 10.2. The first kappa shape index (κ1) is 27.2. The number of fused-ring (bicyclic) bond motifs is 11. The predicted molar refractivity (Wildman–Crippen MR) is 208 cm³/mol. The Bertz CT molecular complexity index is 3110. The van der Waals surface area contributed by atoms with E-state index in [2.05, 4.69) is 167 Å². The molecular weight excluding hydrogens is 613 g/mol. The average molecular weight is 641 g/mol. The number of para-hydroxylation sites is 3. The van der Waals surface area contributed by atoms with Gasteiger partial charge in [-0.15, -0.1) is 0 Å². The van der Waals surface area contributed by atoms with E-state index < -0.39 is 0 Å². The summed E-state index contributed by atoms with van der Waals surface area (Å²) in [5.41, 5.74) is 10.0. The molecule has 0 fully saturated rings. The summed E-state index contributed by atoms with van der Waals surface area (Å²) in [7, 11) is 0. The molecule has 3 heterocycles. The first-order valence-corrected chi connectivity index (χ1v) is 16.9. The topological polar surface area (TPSA) is 34.5 Å². The molecule has 0 bridgehead atoms. The molecule has 11 aromatic rings. The maximum atomic E-state index is 6.58. The summed E-state index contributed by atoms with van der Waals surface area (Å²) in [6.07, 6.45) is 0. The maximum absolute atomic E-state index is 6.58. The van der Waals surface area contributed by atoms with Gasteiger partial charge in [-0.25, -0.2) is 0 Å². The van der Waals surface area contributed by atoms with Gasteiger partial charge in [0.15, 0.2) is 0 Å². The first-order chi connectivity index (χ1) is 24.8. The lowest BCUT2D eigenvalue weighted by molar-refractivity contribution is 0.668. The van der Waals surface area contributed by atoms with Crippen molar-refractivity contribution in [3.63, 3.8) is 0 Å².